The lowest BCUT2D eigenvalue weighted by molar-refractivity contribution is -0.127. The van der Waals surface area contributed by atoms with Gasteiger partial charge in [0.25, 0.3) is 11.8 Å². The van der Waals surface area contributed by atoms with Gasteiger partial charge < -0.3 is 20.7 Å². The first-order valence-electron chi connectivity index (χ1n) is 11.6. The van der Waals surface area contributed by atoms with Crippen molar-refractivity contribution in [1.82, 2.24) is 10.2 Å². The van der Waals surface area contributed by atoms with Gasteiger partial charge >= 0.3 is 6.03 Å². The van der Waals surface area contributed by atoms with Crippen LogP contribution in [0.3, 0.4) is 0 Å². The molecule has 3 N–H and O–H groups in total. The van der Waals surface area contributed by atoms with Crippen LogP contribution in [0.1, 0.15) is 16.7 Å². The Balaban J connectivity index is 1.30. The summed E-state index contributed by atoms with van der Waals surface area (Å²) in [5.41, 5.74) is 4.03. The Kier molecular flexibility index (Phi) is 7.63. The standard InChI is InChI=1S/C28H26N4O5/c1-18-6-10-21(11-7-18)29-26(34)17-37-23-12-8-20(9-13-23)15-24-27(35)32(28(36)31-24)16-25(33)30-22-5-3-4-19(2)14-22/h3-15H,16-17H2,1-2H3,(H,29,34)(H,30,33)(H,31,36)/b24-15+. The summed E-state index contributed by atoms with van der Waals surface area (Å²) in [4.78, 5) is 50.3. The lowest BCUT2D eigenvalue weighted by atomic mass is 10.2. The van der Waals surface area contributed by atoms with E-state index < -0.39 is 24.4 Å². The molecule has 0 aromatic heterocycles. The number of carbonyl (C=O) groups is 4. The Hall–Kier alpha value is -4.92. The average Bonchev–Trinajstić information content (AvgIpc) is 3.12. The number of hydrogen-bond acceptors (Lipinski definition) is 5. The Morgan fingerprint density at radius 3 is 2.27 bits per heavy atom. The van der Waals surface area contributed by atoms with Crippen LogP contribution in [0.5, 0.6) is 5.75 Å². The van der Waals surface area contributed by atoms with Crippen molar-refractivity contribution in [3.8, 4) is 5.75 Å². The molecule has 3 aromatic carbocycles. The third kappa shape index (κ3) is 6.82. The second-order valence-electron chi connectivity index (χ2n) is 8.57. The van der Waals surface area contributed by atoms with Crippen molar-refractivity contribution in [2.75, 3.05) is 23.8 Å². The fourth-order valence-electron chi connectivity index (χ4n) is 3.59. The zero-order chi connectivity index (χ0) is 26.4. The molecule has 188 valence electrons. The van der Waals surface area contributed by atoms with Gasteiger partial charge in [-0.3, -0.25) is 14.4 Å². The maximum Gasteiger partial charge on any atom is 0.329 e. The van der Waals surface area contributed by atoms with E-state index in [0.29, 0.717) is 22.7 Å². The van der Waals surface area contributed by atoms with Gasteiger partial charge in [0.1, 0.15) is 18.0 Å². The highest BCUT2D eigenvalue weighted by atomic mass is 16.5. The quantitative estimate of drug-likeness (QED) is 0.322. The third-order valence-electron chi connectivity index (χ3n) is 5.46. The third-order valence-corrected chi connectivity index (χ3v) is 5.46. The highest BCUT2D eigenvalue weighted by molar-refractivity contribution is 6.15. The molecule has 3 aromatic rings. The van der Waals surface area contributed by atoms with Crippen molar-refractivity contribution in [2.45, 2.75) is 13.8 Å². The summed E-state index contributed by atoms with van der Waals surface area (Å²) in [7, 11) is 0. The summed E-state index contributed by atoms with van der Waals surface area (Å²) >= 11 is 0. The van der Waals surface area contributed by atoms with Crippen LogP contribution in [0.25, 0.3) is 6.08 Å². The normalized spacial score (nSPS) is 13.9. The van der Waals surface area contributed by atoms with E-state index in [1.807, 2.05) is 44.2 Å². The van der Waals surface area contributed by atoms with Crippen molar-refractivity contribution in [1.29, 1.82) is 0 Å². The van der Waals surface area contributed by atoms with Gasteiger partial charge in [0.05, 0.1) is 0 Å². The van der Waals surface area contributed by atoms with E-state index in [-0.39, 0.29) is 18.2 Å². The van der Waals surface area contributed by atoms with Gasteiger partial charge in [-0.1, -0.05) is 42.0 Å². The number of nitrogens with zero attached hydrogens (tertiary/aromatic N) is 1. The van der Waals surface area contributed by atoms with Crippen LogP contribution in [0.4, 0.5) is 16.2 Å². The second-order valence-corrected chi connectivity index (χ2v) is 8.57. The molecule has 5 amide bonds. The molecule has 0 atom stereocenters. The second kappa shape index (κ2) is 11.2. The highest BCUT2D eigenvalue weighted by Gasteiger charge is 2.34. The van der Waals surface area contributed by atoms with E-state index in [1.54, 1.807) is 42.5 Å². The Labute approximate surface area is 214 Å². The van der Waals surface area contributed by atoms with E-state index in [2.05, 4.69) is 16.0 Å². The molecule has 1 aliphatic rings. The molecule has 0 bridgehead atoms. The monoisotopic (exact) mass is 498 g/mol. The zero-order valence-electron chi connectivity index (χ0n) is 20.4. The van der Waals surface area contributed by atoms with Crippen LogP contribution in [0, 0.1) is 13.8 Å². The number of benzene rings is 3. The molecular formula is C28H26N4O5. The van der Waals surface area contributed by atoms with Gasteiger partial charge in [-0.15, -0.1) is 0 Å². The van der Waals surface area contributed by atoms with E-state index in [1.165, 1.54) is 6.08 Å². The van der Waals surface area contributed by atoms with Crippen molar-refractivity contribution in [2.24, 2.45) is 0 Å². The lowest BCUT2D eigenvalue weighted by Crippen LogP contribution is -2.38. The molecule has 9 nitrogen and oxygen atoms in total. The topological polar surface area (TPSA) is 117 Å². The SMILES string of the molecule is Cc1ccc(NC(=O)COc2ccc(/C=C3/NC(=O)N(CC(=O)Nc4cccc(C)c4)C3=O)cc2)cc1. The molecule has 1 saturated heterocycles. The molecule has 9 heteroatoms. The van der Waals surface area contributed by atoms with Crippen molar-refractivity contribution in [3.63, 3.8) is 0 Å². The number of amides is 5. The molecule has 0 aliphatic carbocycles. The van der Waals surface area contributed by atoms with E-state index in [9.17, 15) is 19.2 Å². The minimum absolute atomic E-state index is 0.0551. The number of carbonyl (C=O) groups excluding carboxylic acids is 4. The van der Waals surface area contributed by atoms with Crippen LogP contribution < -0.4 is 20.7 Å². The largest absolute Gasteiger partial charge is 0.484 e. The summed E-state index contributed by atoms with van der Waals surface area (Å²) in [6.07, 6.45) is 1.51. The van der Waals surface area contributed by atoms with Gasteiger partial charge in [0, 0.05) is 11.4 Å². The molecule has 0 radical (unpaired) electrons. The molecule has 4 rings (SSSR count). The first-order chi connectivity index (χ1) is 17.8. The predicted molar refractivity (Wildman–Crippen MR) is 140 cm³/mol. The summed E-state index contributed by atoms with van der Waals surface area (Å²) in [5, 5.41) is 7.94. The van der Waals surface area contributed by atoms with Gasteiger partial charge in [-0.2, -0.15) is 0 Å². The molecule has 37 heavy (non-hydrogen) atoms. The summed E-state index contributed by atoms with van der Waals surface area (Å²) < 4.78 is 5.52. The summed E-state index contributed by atoms with van der Waals surface area (Å²) in [6, 6.07) is 20.7. The van der Waals surface area contributed by atoms with Gasteiger partial charge in [0.2, 0.25) is 5.91 Å². The zero-order valence-corrected chi connectivity index (χ0v) is 20.4. The van der Waals surface area contributed by atoms with Crippen molar-refractivity contribution in [3.05, 3.63) is 95.2 Å². The first kappa shape index (κ1) is 25.2. The first-order valence-corrected chi connectivity index (χ1v) is 11.6. The van der Waals surface area contributed by atoms with Gasteiger partial charge in [0.15, 0.2) is 6.61 Å². The minimum Gasteiger partial charge on any atom is -0.484 e. The molecule has 0 spiro atoms. The van der Waals surface area contributed by atoms with Crippen LogP contribution in [0.2, 0.25) is 0 Å². The predicted octanol–water partition coefficient (Wildman–Crippen LogP) is 3.85. The maximum atomic E-state index is 12.7. The van der Waals surface area contributed by atoms with Crippen LogP contribution in [0.15, 0.2) is 78.5 Å². The van der Waals surface area contributed by atoms with Crippen LogP contribution in [-0.4, -0.2) is 41.8 Å². The van der Waals surface area contributed by atoms with E-state index in [0.717, 1.165) is 16.0 Å². The minimum atomic E-state index is -0.671. The fourth-order valence-corrected chi connectivity index (χ4v) is 3.59. The summed E-state index contributed by atoms with van der Waals surface area (Å²) in [6.45, 7) is 3.29. The van der Waals surface area contributed by atoms with Crippen LogP contribution in [-0.2, 0) is 14.4 Å². The van der Waals surface area contributed by atoms with Crippen molar-refractivity contribution >= 4 is 41.2 Å². The maximum absolute atomic E-state index is 12.7. The number of rotatable bonds is 8. The number of aryl methyl sites for hydroxylation is 2. The highest BCUT2D eigenvalue weighted by Crippen LogP contribution is 2.18. The molecule has 0 saturated carbocycles. The van der Waals surface area contributed by atoms with E-state index in [4.69, 9.17) is 4.74 Å². The molecule has 1 fully saturated rings. The molecule has 1 aliphatic heterocycles. The number of urea groups is 1. The van der Waals surface area contributed by atoms with E-state index >= 15 is 0 Å². The Bertz CT molecular complexity index is 1360. The Morgan fingerprint density at radius 1 is 0.865 bits per heavy atom. The van der Waals surface area contributed by atoms with Gasteiger partial charge in [-0.25, -0.2) is 9.69 Å². The number of imide groups is 1. The fraction of sp³-hybridized carbons (Fsp3) is 0.143. The lowest BCUT2D eigenvalue weighted by Gasteiger charge is -2.12. The summed E-state index contributed by atoms with van der Waals surface area (Å²) in [5.74, 6) is -0.904. The smallest absolute Gasteiger partial charge is 0.329 e. The number of ether oxygens (including phenoxy) is 1. The average molecular weight is 499 g/mol. The molecular weight excluding hydrogens is 472 g/mol. The Morgan fingerprint density at radius 2 is 1.57 bits per heavy atom. The van der Waals surface area contributed by atoms with Crippen molar-refractivity contribution < 1.29 is 23.9 Å². The number of anilines is 2. The number of nitrogens with one attached hydrogen (secondary N) is 3. The molecule has 1 heterocycles. The van der Waals surface area contributed by atoms with Gasteiger partial charge in [-0.05, 0) is 67.4 Å². The van der Waals surface area contributed by atoms with Crippen LogP contribution >= 0.6 is 0 Å². The number of hydrogen-bond donors (Lipinski definition) is 3. The molecule has 0 unspecified atom stereocenters.